The van der Waals surface area contributed by atoms with Crippen LogP contribution in [-0.4, -0.2) is 50.3 Å². The van der Waals surface area contributed by atoms with Gasteiger partial charge in [-0.15, -0.1) is 0 Å². The summed E-state index contributed by atoms with van der Waals surface area (Å²) in [5.41, 5.74) is 1.32. The predicted molar refractivity (Wildman–Crippen MR) is 112 cm³/mol. The van der Waals surface area contributed by atoms with Crippen LogP contribution in [0.5, 0.6) is 5.75 Å². The summed E-state index contributed by atoms with van der Waals surface area (Å²) in [6.45, 7) is 3.52. The lowest BCUT2D eigenvalue weighted by Gasteiger charge is -2.31. The van der Waals surface area contributed by atoms with Crippen LogP contribution in [-0.2, 0) is 13.0 Å². The van der Waals surface area contributed by atoms with Crippen molar-refractivity contribution in [3.05, 3.63) is 45.2 Å². The molecule has 3 heterocycles. The Labute approximate surface area is 177 Å². The molecule has 1 fully saturated rings. The van der Waals surface area contributed by atoms with Gasteiger partial charge in [-0.3, -0.25) is 4.79 Å². The van der Waals surface area contributed by atoms with Crippen LogP contribution in [0.3, 0.4) is 0 Å². The first-order valence-electron chi connectivity index (χ1n) is 10.0. The van der Waals surface area contributed by atoms with Crippen molar-refractivity contribution in [3.63, 3.8) is 0 Å². The second-order valence-electron chi connectivity index (χ2n) is 7.60. The number of alkyl halides is 2. The number of aromatic nitrogens is 3. The van der Waals surface area contributed by atoms with Gasteiger partial charge in [-0.2, -0.15) is 5.10 Å². The van der Waals surface area contributed by atoms with Crippen molar-refractivity contribution in [2.75, 3.05) is 19.6 Å². The van der Waals surface area contributed by atoms with Gasteiger partial charge in [-0.1, -0.05) is 36.7 Å². The molecule has 0 aliphatic carbocycles. The van der Waals surface area contributed by atoms with Gasteiger partial charge in [0.15, 0.2) is 5.75 Å². The number of rotatable bonds is 5. The number of aryl methyl sites for hydroxylation is 1. The van der Waals surface area contributed by atoms with Crippen molar-refractivity contribution in [3.8, 4) is 17.0 Å². The maximum atomic E-state index is 13.4. The Hall–Kier alpha value is -2.45. The fraction of sp³-hybridized carbons (Fsp3) is 0.429. The van der Waals surface area contributed by atoms with Gasteiger partial charge in [0.1, 0.15) is 5.65 Å². The molecule has 1 aliphatic rings. The molecule has 4 rings (SSSR count). The molecule has 0 radical (unpaired) electrons. The molecule has 0 bridgehead atoms. The number of hydrogen-bond donors (Lipinski definition) is 2. The second kappa shape index (κ2) is 8.00. The molecule has 0 unspecified atom stereocenters. The molecule has 30 heavy (non-hydrogen) atoms. The zero-order valence-electron chi connectivity index (χ0n) is 16.6. The van der Waals surface area contributed by atoms with Crippen molar-refractivity contribution in [1.82, 2.24) is 19.7 Å². The van der Waals surface area contributed by atoms with E-state index in [4.69, 9.17) is 11.6 Å². The molecule has 1 saturated heterocycles. The molecule has 1 aromatic carbocycles. The summed E-state index contributed by atoms with van der Waals surface area (Å²) in [5, 5.41) is 15.9. The van der Waals surface area contributed by atoms with Crippen LogP contribution in [0, 0.1) is 0 Å². The molecule has 2 N–H and O–H groups in total. The third-order valence-electron chi connectivity index (χ3n) is 5.64. The van der Waals surface area contributed by atoms with Crippen molar-refractivity contribution in [1.29, 1.82) is 0 Å². The number of pyridine rings is 1. The molecule has 3 aromatic rings. The number of aromatic amines is 1. The van der Waals surface area contributed by atoms with Crippen LogP contribution in [0.4, 0.5) is 8.78 Å². The summed E-state index contributed by atoms with van der Waals surface area (Å²) in [5.74, 6) is -2.99. The Morgan fingerprint density at radius 2 is 1.93 bits per heavy atom. The Morgan fingerprint density at radius 1 is 1.23 bits per heavy atom. The van der Waals surface area contributed by atoms with Crippen LogP contribution >= 0.6 is 11.6 Å². The van der Waals surface area contributed by atoms with Crippen LogP contribution in [0.15, 0.2) is 29.1 Å². The van der Waals surface area contributed by atoms with Crippen LogP contribution < -0.4 is 5.43 Å². The van der Waals surface area contributed by atoms with Crippen molar-refractivity contribution in [2.24, 2.45) is 0 Å². The zero-order chi connectivity index (χ0) is 21.5. The first-order chi connectivity index (χ1) is 14.3. The van der Waals surface area contributed by atoms with Gasteiger partial charge in [-0.25, -0.2) is 13.5 Å². The Kier molecular flexibility index (Phi) is 5.55. The number of fused-ring (bicyclic) bond motifs is 1. The van der Waals surface area contributed by atoms with Crippen molar-refractivity contribution < 1.29 is 13.9 Å². The number of hydrogen-bond acceptors (Lipinski definition) is 4. The monoisotopic (exact) mass is 436 g/mol. The Balaban J connectivity index is 1.72. The molecule has 1 aliphatic heterocycles. The minimum atomic E-state index is -2.59. The molecular weight excluding hydrogens is 414 g/mol. The number of H-pyrrole nitrogens is 1. The van der Waals surface area contributed by atoms with E-state index in [0.717, 1.165) is 0 Å². The standard InChI is InChI=1S/C21H23ClF2N4O2/c1-2-15-16-18(29)19(30)17(13-5-3-4-6-14(13)22)25-20(16)28(26-15)12-11-27-9-7-21(23,24)8-10-27/h3-6,30H,2,7-12H2,1H3,(H,25,29). The van der Waals surface area contributed by atoms with E-state index in [0.29, 0.717) is 59.9 Å². The third kappa shape index (κ3) is 3.81. The highest BCUT2D eigenvalue weighted by Gasteiger charge is 2.33. The first-order valence-corrected chi connectivity index (χ1v) is 10.4. The fourth-order valence-electron chi connectivity index (χ4n) is 3.89. The third-order valence-corrected chi connectivity index (χ3v) is 5.97. The van der Waals surface area contributed by atoms with Crippen molar-refractivity contribution >= 4 is 22.6 Å². The molecular formula is C21H23ClF2N4O2. The van der Waals surface area contributed by atoms with E-state index in [1.807, 2.05) is 11.8 Å². The number of nitrogens with zero attached hydrogens (tertiary/aromatic N) is 3. The minimum absolute atomic E-state index is 0.144. The minimum Gasteiger partial charge on any atom is -0.503 e. The maximum absolute atomic E-state index is 13.4. The average Bonchev–Trinajstić information content (AvgIpc) is 3.08. The van der Waals surface area contributed by atoms with Gasteiger partial charge in [0, 0.05) is 38.0 Å². The SMILES string of the molecule is CCc1nn(CCN2CCC(F)(F)CC2)c2[nH]c(-c3ccccc3Cl)c(O)c(=O)c12. The molecule has 0 spiro atoms. The van der Waals surface area contributed by atoms with E-state index in [1.165, 1.54) is 0 Å². The number of piperidine rings is 1. The van der Waals surface area contributed by atoms with Gasteiger partial charge in [-0.05, 0) is 12.5 Å². The highest BCUT2D eigenvalue weighted by atomic mass is 35.5. The normalized spacial score (nSPS) is 16.9. The van der Waals surface area contributed by atoms with Gasteiger partial charge in [0.05, 0.1) is 28.3 Å². The smallest absolute Gasteiger partial charge is 0.250 e. The predicted octanol–water partition coefficient (Wildman–Crippen LogP) is 4.04. The molecule has 2 aromatic heterocycles. The van der Waals surface area contributed by atoms with Gasteiger partial charge in [0.25, 0.3) is 5.92 Å². The van der Waals surface area contributed by atoms with Gasteiger partial charge >= 0.3 is 0 Å². The summed E-state index contributed by atoms with van der Waals surface area (Å²) >= 11 is 6.27. The molecule has 0 amide bonds. The average molecular weight is 437 g/mol. The number of nitrogens with one attached hydrogen (secondary N) is 1. The second-order valence-corrected chi connectivity index (χ2v) is 8.01. The molecule has 9 heteroatoms. The maximum Gasteiger partial charge on any atom is 0.250 e. The summed E-state index contributed by atoms with van der Waals surface area (Å²) in [6, 6.07) is 6.93. The van der Waals surface area contributed by atoms with Gasteiger partial charge < -0.3 is 15.0 Å². The summed E-state index contributed by atoms with van der Waals surface area (Å²) in [6.07, 6.45) is 0.232. The largest absolute Gasteiger partial charge is 0.503 e. The first kappa shape index (κ1) is 20.8. The zero-order valence-corrected chi connectivity index (χ0v) is 17.3. The highest BCUT2D eigenvalue weighted by molar-refractivity contribution is 6.33. The van der Waals surface area contributed by atoms with Crippen LogP contribution in [0.1, 0.15) is 25.5 Å². The molecule has 160 valence electrons. The molecule has 0 saturated carbocycles. The summed E-state index contributed by atoms with van der Waals surface area (Å²) in [7, 11) is 0. The topological polar surface area (TPSA) is 74.2 Å². The summed E-state index contributed by atoms with van der Waals surface area (Å²) in [4.78, 5) is 18.1. The van der Waals surface area contributed by atoms with Crippen LogP contribution in [0.2, 0.25) is 5.02 Å². The van der Waals surface area contributed by atoms with E-state index >= 15 is 0 Å². The van der Waals surface area contributed by atoms with Crippen LogP contribution in [0.25, 0.3) is 22.3 Å². The summed E-state index contributed by atoms with van der Waals surface area (Å²) < 4.78 is 28.5. The number of likely N-dealkylation sites (tertiary alicyclic amines) is 1. The lowest BCUT2D eigenvalue weighted by atomic mass is 10.1. The lowest BCUT2D eigenvalue weighted by Crippen LogP contribution is -2.40. The van der Waals surface area contributed by atoms with E-state index in [2.05, 4.69) is 10.1 Å². The Bertz CT molecular complexity index is 1130. The van der Waals surface area contributed by atoms with E-state index < -0.39 is 17.1 Å². The fourth-order valence-corrected chi connectivity index (χ4v) is 4.12. The van der Waals surface area contributed by atoms with Gasteiger partial charge in [0.2, 0.25) is 5.43 Å². The van der Waals surface area contributed by atoms with E-state index in [1.54, 1.807) is 28.9 Å². The lowest BCUT2D eigenvalue weighted by molar-refractivity contribution is -0.0555. The number of aromatic hydroxyl groups is 1. The number of halogens is 3. The Morgan fingerprint density at radius 3 is 2.60 bits per heavy atom. The van der Waals surface area contributed by atoms with E-state index in [9.17, 15) is 18.7 Å². The van der Waals surface area contributed by atoms with E-state index in [-0.39, 0.29) is 18.5 Å². The van der Waals surface area contributed by atoms with Crippen molar-refractivity contribution in [2.45, 2.75) is 38.7 Å². The highest BCUT2D eigenvalue weighted by Crippen LogP contribution is 2.33. The quantitative estimate of drug-likeness (QED) is 0.633. The number of benzene rings is 1. The molecule has 0 atom stereocenters. The molecule has 6 nitrogen and oxygen atoms in total.